The van der Waals surface area contributed by atoms with E-state index in [1.54, 1.807) is 24.3 Å². The second-order valence-electron chi connectivity index (χ2n) is 3.16. The Morgan fingerprint density at radius 1 is 1.18 bits per heavy atom. The Bertz CT molecular complexity index is 592. The van der Waals surface area contributed by atoms with Crippen LogP contribution in [0.25, 0.3) is 0 Å². The third-order valence-electron chi connectivity index (χ3n) is 2.02. The van der Waals surface area contributed by atoms with Crippen molar-refractivity contribution in [3.63, 3.8) is 0 Å². The second-order valence-corrected chi connectivity index (χ2v) is 3.97. The average Bonchev–Trinajstić information content (AvgIpc) is 2.34. The highest BCUT2D eigenvalue weighted by molar-refractivity contribution is 6.42. The van der Waals surface area contributed by atoms with Gasteiger partial charge in [-0.2, -0.15) is 10.4 Å². The van der Waals surface area contributed by atoms with Gasteiger partial charge in [0.1, 0.15) is 6.07 Å². The predicted octanol–water partition coefficient (Wildman–Crippen LogP) is 3.40. The summed E-state index contributed by atoms with van der Waals surface area (Å²) in [4.78, 5) is 0. The molecule has 0 fully saturated rings. The van der Waals surface area contributed by atoms with E-state index in [1.807, 2.05) is 6.07 Å². The Hall–Kier alpha value is -1.83. The standard InChI is InChI=1S/C11H6Cl2N4/c12-9-2-1-8(5-10(9)13)16-11-7(6-14)3-4-15-17-11/h1-5H,(H,16,17). The molecule has 0 saturated heterocycles. The predicted molar refractivity (Wildman–Crippen MR) is 66.5 cm³/mol. The zero-order valence-electron chi connectivity index (χ0n) is 8.48. The summed E-state index contributed by atoms with van der Waals surface area (Å²) in [7, 11) is 0. The minimum atomic E-state index is 0.383. The minimum Gasteiger partial charge on any atom is -0.338 e. The molecule has 0 aliphatic carbocycles. The van der Waals surface area contributed by atoms with Crippen LogP contribution >= 0.6 is 23.2 Å². The molecule has 17 heavy (non-hydrogen) atoms. The maximum absolute atomic E-state index is 8.89. The van der Waals surface area contributed by atoms with E-state index in [4.69, 9.17) is 28.5 Å². The average molecular weight is 265 g/mol. The van der Waals surface area contributed by atoms with E-state index in [0.29, 0.717) is 27.1 Å². The lowest BCUT2D eigenvalue weighted by Crippen LogP contribution is -1.98. The lowest BCUT2D eigenvalue weighted by Gasteiger charge is -2.06. The smallest absolute Gasteiger partial charge is 0.171 e. The van der Waals surface area contributed by atoms with Gasteiger partial charge in [0.15, 0.2) is 5.82 Å². The number of hydrogen-bond donors (Lipinski definition) is 1. The van der Waals surface area contributed by atoms with Gasteiger partial charge in [0.25, 0.3) is 0 Å². The van der Waals surface area contributed by atoms with Crippen LogP contribution in [0.1, 0.15) is 5.56 Å². The Kier molecular flexibility index (Phi) is 3.43. The molecule has 0 saturated carbocycles. The van der Waals surface area contributed by atoms with Crippen molar-refractivity contribution in [1.82, 2.24) is 10.2 Å². The quantitative estimate of drug-likeness (QED) is 0.903. The van der Waals surface area contributed by atoms with Crippen molar-refractivity contribution < 1.29 is 0 Å². The van der Waals surface area contributed by atoms with Gasteiger partial charge in [0.2, 0.25) is 0 Å². The molecule has 1 heterocycles. The lowest BCUT2D eigenvalue weighted by atomic mass is 10.2. The van der Waals surface area contributed by atoms with Crippen LogP contribution in [0, 0.1) is 11.3 Å². The van der Waals surface area contributed by atoms with E-state index >= 15 is 0 Å². The number of aromatic nitrogens is 2. The third-order valence-corrected chi connectivity index (χ3v) is 2.76. The molecule has 0 aliphatic rings. The molecule has 0 amide bonds. The number of rotatable bonds is 2. The molecule has 0 spiro atoms. The summed E-state index contributed by atoms with van der Waals surface area (Å²) in [6.45, 7) is 0. The fourth-order valence-electron chi connectivity index (χ4n) is 1.22. The van der Waals surface area contributed by atoms with E-state index < -0.39 is 0 Å². The van der Waals surface area contributed by atoms with Crippen LogP contribution in [0.5, 0.6) is 0 Å². The van der Waals surface area contributed by atoms with Crippen molar-refractivity contribution in [3.05, 3.63) is 46.1 Å². The molecule has 1 aromatic heterocycles. The molecule has 0 unspecified atom stereocenters. The largest absolute Gasteiger partial charge is 0.338 e. The molecule has 1 aromatic carbocycles. The first-order valence-corrected chi connectivity index (χ1v) is 5.40. The van der Waals surface area contributed by atoms with Crippen LogP contribution in [0.3, 0.4) is 0 Å². The minimum absolute atomic E-state index is 0.383. The maximum Gasteiger partial charge on any atom is 0.171 e. The second kappa shape index (κ2) is 5.00. The zero-order valence-corrected chi connectivity index (χ0v) is 10.00. The summed E-state index contributed by atoms with van der Waals surface area (Å²) >= 11 is 11.7. The first kappa shape index (κ1) is 11.6. The molecule has 1 N–H and O–H groups in total. The van der Waals surface area contributed by atoms with Gasteiger partial charge in [0, 0.05) is 5.69 Å². The van der Waals surface area contributed by atoms with E-state index in [2.05, 4.69) is 15.5 Å². The van der Waals surface area contributed by atoms with Crippen LogP contribution in [0.15, 0.2) is 30.5 Å². The van der Waals surface area contributed by atoms with Crippen molar-refractivity contribution in [1.29, 1.82) is 5.26 Å². The molecular weight excluding hydrogens is 259 g/mol. The number of anilines is 2. The Morgan fingerprint density at radius 2 is 2.00 bits per heavy atom. The van der Waals surface area contributed by atoms with Crippen molar-refractivity contribution in [2.75, 3.05) is 5.32 Å². The monoisotopic (exact) mass is 264 g/mol. The summed E-state index contributed by atoms with van der Waals surface area (Å²) in [6.07, 6.45) is 1.46. The van der Waals surface area contributed by atoms with E-state index in [1.165, 1.54) is 6.20 Å². The Balaban J connectivity index is 2.32. The van der Waals surface area contributed by atoms with Crippen molar-refractivity contribution in [2.45, 2.75) is 0 Å². The van der Waals surface area contributed by atoms with E-state index in [-0.39, 0.29) is 0 Å². The summed E-state index contributed by atoms with van der Waals surface area (Å²) in [5, 5.41) is 20.3. The fraction of sp³-hybridized carbons (Fsp3) is 0. The molecule has 0 radical (unpaired) electrons. The SMILES string of the molecule is N#Cc1ccnnc1Nc1ccc(Cl)c(Cl)c1. The Labute approximate surface area is 108 Å². The van der Waals surface area contributed by atoms with Gasteiger partial charge >= 0.3 is 0 Å². The molecular formula is C11H6Cl2N4. The van der Waals surface area contributed by atoms with Gasteiger partial charge < -0.3 is 5.32 Å². The molecule has 4 nitrogen and oxygen atoms in total. The molecule has 2 rings (SSSR count). The van der Waals surface area contributed by atoms with Crippen molar-refractivity contribution in [2.24, 2.45) is 0 Å². The van der Waals surface area contributed by atoms with Gasteiger partial charge in [-0.3, -0.25) is 0 Å². The highest BCUT2D eigenvalue weighted by Crippen LogP contribution is 2.26. The van der Waals surface area contributed by atoms with Gasteiger partial charge in [-0.1, -0.05) is 23.2 Å². The summed E-state index contributed by atoms with van der Waals surface area (Å²) < 4.78 is 0. The van der Waals surface area contributed by atoms with E-state index in [9.17, 15) is 0 Å². The fourth-order valence-corrected chi connectivity index (χ4v) is 1.52. The number of halogens is 2. The van der Waals surface area contributed by atoms with Crippen LogP contribution in [0.4, 0.5) is 11.5 Å². The molecule has 0 aliphatic heterocycles. The van der Waals surface area contributed by atoms with Crippen LogP contribution in [-0.2, 0) is 0 Å². The van der Waals surface area contributed by atoms with E-state index in [0.717, 1.165) is 0 Å². The topological polar surface area (TPSA) is 61.6 Å². The van der Waals surface area contributed by atoms with Crippen LogP contribution < -0.4 is 5.32 Å². The molecule has 84 valence electrons. The van der Waals surface area contributed by atoms with Gasteiger partial charge in [-0.25, -0.2) is 0 Å². The van der Waals surface area contributed by atoms with Crippen LogP contribution in [-0.4, -0.2) is 10.2 Å². The number of nitriles is 1. The normalized spacial score (nSPS) is 9.71. The summed E-state index contributed by atoms with van der Waals surface area (Å²) in [5.74, 6) is 0.383. The zero-order chi connectivity index (χ0) is 12.3. The highest BCUT2D eigenvalue weighted by Gasteiger charge is 2.05. The van der Waals surface area contributed by atoms with Gasteiger partial charge in [-0.15, -0.1) is 5.10 Å². The molecule has 6 heteroatoms. The number of hydrogen-bond acceptors (Lipinski definition) is 4. The molecule has 2 aromatic rings. The first-order chi connectivity index (χ1) is 8.20. The lowest BCUT2D eigenvalue weighted by molar-refractivity contribution is 1.03. The van der Waals surface area contributed by atoms with Gasteiger partial charge in [0.05, 0.1) is 21.8 Å². The highest BCUT2D eigenvalue weighted by atomic mass is 35.5. The van der Waals surface area contributed by atoms with Crippen LogP contribution in [0.2, 0.25) is 10.0 Å². The third kappa shape index (κ3) is 2.64. The van der Waals surface area contributed by atoms with Gasteiger partial charge in [-0.05, 0) is 24.3 Å². The maximum atomic E-state index is 8.89. The Morgan fingerprint density at radius 3 is 2.71 bits per heavy atom. The van der Waals surface area contributed by atoms with Crippen molar-refractivity contribution >= 4 is 34.7 Å². The number of benzene rings is 1. The number of nitrogens with one attached hydrogen (secondary N) is 1. The molecule has 0 atom stereocenters. The van der Waals surface area contributed by atoms with Crippen molar-refractivity contribution in [3.8, 4) is 6.07 Å². The summed E-state index contributed by atoms with van der Waals surface area (Å²) in [5.41, 5.74) is 1.10. The summed E-state index contributed by atoms with van der Waals surface area (Å²) in [6, 6.07) is 8.65. The first-order valence-electron chi connectivity index (χ1n) is 4.64. The molecule has 0 bridgehead atoms. The number of nitrogens with zero attached hydrogens (tertiary/aromatic N) is 3.